The number of fused-ring (bicyclic) bond motifs is 1. The fourth-order valence-electron chi connectivity index (χ4n) is 3.56. The molecule has 24 heavy (non-hydrogen) atoms. The SMILES string of the molecule is Cc1nc(N2CCC(Cc3ccc(C)c(F)c3)C2)c2[nH]ccc2n1. The molecule has 0 saturated carbocycles. The van der Waals surface area contributed by atoms with Gasteiger partial charge in [-0.05, 0) is 55.9 Å². The second-order valence-corrected chi connectivity index (χ2v) is 6.72. The molecule has 1 aliphatic rings. The number of halogens is 1. The van der Waals surface area contributed by atoms with Gasteiger partial charge in [-0.2, -0.15) is 0 Å². The van der Waals surface area contributed by atoms with Gasteiger partial charge in [0.05, 0.1) is 5.52 Å². The summed E-state index contributed by atoms with van der Waals surface area (Å²) in [5, 5.41) is 0. The van der Waals surface area contributed by atoms with E-state index in [0.717, 1.165) is 54.2 Å². The Morgan fingerprint density at radius 3 is 2.96 bits per heavy atom. The fourth-order valence-corrected chi connectivity index (χ4v) is 3.56. The Bertz CT molecular complexity index is 886. The third kappa shape index (κ3) is 2.75. The number of nitrogens with zero attached hydrogens (tertiary/aromatic N) is 3. The van der Waals surface area contributed by atoms with Gasteiger partial charge in [0, 0.05) is 19.3 Å². The Morgan fingerprint density at radius 2 is 2.12 bits per heavy atom. The molecule has 1 atom stereocenters. The first-order valence-corrected chi connectivity index (χ1v) is 8.42. The van der Waals surface area contributed by atoms with E-state index in [1.54, 1.807) is 13.0 Å². The van der Waals surface area contributed by atoms with Crippen LogP contribution in [-0.4, -0.2) is 28.0 Å². The van der Waals surface area contributed by atoms with Crippen LogP contribution in [0.1, 0.15) is 23.4 Å². The molecule has 124 valence electrons. The summed E-state index contributed by atoms with van der Waals surface area (Å²) < 4.78 is 13.7. The predicted octanol–water partition coefficient (Wildman–Crippen LogP) is 3.78. The van der Waals surface area contributed by atoms with E-state index in [2.05, 4.69) is 19.9 Å². The lowest BCUT2D eigenvalue weighted by Crippen LogP contribution is -2.22. The van der Waals surface area contributed by atoms with Crippen molar-refractivity contribution in [1.82, 2.24) is 15.0 Å². The van der Waals surface area contributed by atoms with E-state index in [4.69, 9.17) is 0 Å². The van der Waals surface area contributed by atoms with Crippen molar-refractivity contribution in [1.29, 1.82) is 0 Å². The molecule has 1 unspecified atom stereocenters. The number of aryl methyl sites for hydroxylation is 2. The Kier molecular flexibility index (Phi) is 3.71. The summed E-state index contributed by atoms with van der Waals surface area (Å²) in [5.41, 5.74) is 3.75. The summed E-state index contributed by atoms with van der Waals surface area (Å²) in [4.78, 5) is 14.7. The molecule has 0 aliphatic carbocycles. The summed E-state index contributed by atoms with van der Waals surface area (Å²) in [6.45, 7) is 5.65. The van der Waals surface area contributed by atoms with E-state index in [1.807, 2.05) is 31.3 Å². The zero-order valence-electron chi connectivity index (χ0n) is 14.0. The monoisotopic (exact) mass is 324 g/mol. The number of benzene rings is 1. The second kappa shape index (κ2) is 5.89. The molecule has 1 aromatic carbocycles. The van der Waals surface area contributed by atoms with Gasteiger partial charge in [-0.3, -0.25) is 0 Å². The highest BCUT2D eigenvalue weighted by atomic mass is 19.1. The highest BCUT2D eigenvalue weighted by Gasteiger charge is 2.26. The van der Waals surface area contributed by atoms with Crippen molar-refractivity contribution in [2.45, 2.75) is 26.7 Å². The molecule has 1 fully saturated rings. The molecular weight excluding hydrogens is 303 g/mol. The number of nitrogens with one attached hydrogen (secondary N) is 1. The molecule has 0 bridgehead atoms. The average Bonchev–Trinajstić information content (AvgIpc) is 3.19. The van der Waals surface area contributed by atoms with Crippen molar-refractivity contribution in [3.8, 4) is 0 Å². The zero-order valence-corrected chi connectivity index (χ0v) is 14.0. The number of aromatic nitrogens is 3. The molecule has 1 saturated heterocycles. The van der Waals surface area contributed by atoms with Crippen molar-refractivity contribution >= 4 is 16.9 Å². The van der Waals surface area contributed by atoms with Gasteiger partial charge in [-0.15, -0.1) is 0 Å². The van der Waals surface area contributed by atoms with Crippen LogP contribution in [0.15, 0.2) is 30.5 Å². The van der Waals surface area contributed by atoms with Gasteiger partial charge in [0.1, 0.15) is 17.2 Å². The number of hydrogen-bond acceptors (Lipinski definition) is 3. The topological polar surface area (TPSA) is 44.8 Å². The zero-order chi connectivity index (χ0) is 16.7. The third-order valence-corrected chi connectivity index (χ3v) is 4.84. The van der Waals surface area contributed by atoms with Gasteiger partial charge in [-0.1, -0.05) is 12.1 Å². The number of rotatable bonds is 3. The normalized spacial score (nSPS) is 17.8. The van der Waals surface area contributed by atoms with Gasteiger partial charge in [0.15, 0.2) is 5.82 Å². The minimum absolute atomic E-state index is 0.109. The first-order valence-electron chi connectivity index (χ1n) is 8.42. The van der Waals surface area contributed by atoms with E-state index in [1.165, 1.54) is 0 Å². The molecule has 2 aromatic heterocycles. The lowest BCUT2D eigenvalue weighted by molar-refractivity contribution is 0.576. The number of aromatic amines is 1. The highest BCUT2D eigenvalue weighted by molar-refractivity contribution is 5.86. The molecule has 1 N–H and O–H groups in total. The largest absolute Gasteiger partial charge is 0.357 e. The molecule has 5 heteroatoms. The third-order valence-electron chi connectivity index (χ3n) is 4.84. The first-order chi connectivity index (χ1) is 11.6. The van der Waals surface area contributed by atoms with Crippen LogP contribution in [0.25, 0.3) is 11.0 Å². The molecule has 1 aliphatic heterocycles. The Morgan fingerprint density at radius 1 is 1.25 bits per heavy atom. The van der Waals surface area contributed by atoms with Crippen molar-refractivity contribution in [3.63, 3.8) is 0 Å². The maximum atomic E-state index is 13.7. The summed E-state index contributed by atoms with van der Waals surface area (Å²) in [6.07, 6.45) is 3.91. The van der Waals surface area contributed by atoms with Gasteiger partial charge in [-0.25, -0.2) is 14.4 Å². The lowest BCUT2D eigenvalue weighted by Gasteiger charge is -2.18. The highest BCUT2D eigenvalue weighted by Crippen LogP contribution is 2.29. The molecular formula is C19H21FN4. The minimum atomic E-state index is -0.109. The molecule has 0 spiro atoms. The van der Waals surface area contributed by atoms with Gasteiger partial charge in [0.2, 0.25) is 0 Å². The van der Waals surface area contributed by atoms with Crippen LogP contribution >= 0.6 is 0 Å². The smallest absolute Gasteiger partial charge is 0.156 e. The predicted molar refractivity (Wildman–Crippen MR) is 93.8 cm³/mol. The van der Waals surface area contributed by atoms with Crippen molar-refractivity contribution in [2.75, 3.05) is 18.0 Å². The van der Waals surface area contributed by atoms with Crippen molar-refractivity contribution in [2.24, 2.45) is 5.92 Å². The Labute approximate surface area is 140 Å². The molecule has 0 amide bonds. The molecule has 4 nitrogen and oxygen atoms in total. The van der Waals surface area contributed by atoms with Crippen molar-refractivity contribution < 1.29 is 4.39 Å². The van der Waals surface area contributed by atoms with E-state index >= 15 is 0 Å². The maximum Gasteiger partial charge on any atom is 0.156 e. The van der Waals surface area contributed by atoms with Crippen LogP contribution in [0.5, 0.6) is 0 Å². The maximum absolute atomic E-state index is 13.7. The van der Waals surface area contributed by atoms with E-state index in [9.17, 15) is 4.39 Å². The summed E-state index contributed by atoms with van der Waals surface area (Å²) >= 11 is 0. The quantitative estimate of drug-likeness (QED) is 0.797. The average molecular weight is 324 g/mol. The van der Waals surface area contributed by atoms with E-state index in [-0.39, 0.29) is 5.82 Å². The van der Waals surface area contributed by atoms with E-state index in [0.29, 0.717) is 11.5 Å². The lowest BCUT2D eigenvalue weighted by atomic mass is 9.98. The van der Waals surface area contributed by atoms with Crippen LogP contribution in [-0.2, 0) is 6.42 Å². The molecule has 3 aromatic rings. The van der Waals surface area contributed by atoms with Crippen LogP contribution in [0.4, 0.5) is 10.2 Å². The van der Waals surface area contributed by atoms with Crippen molar-refractivity contribution in [3.05, 3.63) is 53.2 Å². The molecule has 4 rings (SSSR count). The minimum Gasteiger partial charge on any atom is -0.357 e. The van der Waals surface area contributed by atoms with Crippen LogP contribution in [0, 0.1) is 25.6 Å². The molecule has 3 heterocycles. The van der Waals surface area contributed by atoms with Gasteiger partial charge in [0.25, 0.3) is 0 Å². The summed E-state index contributed by atoms with van der Waals surface area (Å²) in [6, 6.07) is 7.57. The summed E-state index contributed by atoms with van der Waals surface area (Å²) in [5.74, 6) is 2.19. The van der Waals surface area contributed by atoms with Gasteiger partial charge >= 0.3 is 0 Å². The Balaban J connectivity index is 1.53. The van der Waals surface area contributed by atoms with Crippen LogP contribution < -0.4 is 4.90 Å². The van der Waals surface area contributed by atoms with E-state index < -0.39 is 0 Å². The molecule has 0 radical (unpaired) electrons. The Hall–Kier alpha value is -2.43. The first kappa shape index (κ1) is 15.1. The fraction of sp³-hybridized carbons (Fsp3) is 0.368. The van der Waals surface area contributed by atoms with Gasteiger partial charge < -0.3 is 9.88 Å². The number of H-pyrrole nitrogens is 1. The second-order valence-electron chi connectivity index (χ2n) is 6.72. The summed E-state index contributed by atoms with van der Waals surface area (Å²) in [7, 11) is 0. The number of anilines is 1. The van der Waals surface area contributed by atoms with Crippen LogP contribution in [0.2, 0.25) is 0 Å². The standard InChI is InChI=1S/C19H21FN4/c1-12-3-4-14(10-16(12)20)9-15-6-8-24(11-15)19-18-17(5-7-21-18)22-13(2)23-19/h3-5,7,10,15,21H,6,8-9,11H2,1-2H3. The van der Waals surface area contributed by atoms with Crippen LogP contribution in [0.3, 0.4) is 0 Å². The number of hydrogen-bond donors (Lipinski definition) is 1.